The number of unbranched alkanes of at least 4 members (excludes halogenated alkanes) is 6. The summed E-state index contributed by atoms with van der Waals surface area (Å²) in [5.74, 6) is -1.32. The van der Waals surface area contributed by atoms with Crippen LogP contribution in [0.25, 0.3) is 0 Å². The van der Waals surface area contributed by atoms with E-state index in [1.54, 1.807) is 55.6 Å². The van der Waals surface area contributed by atoms with Crippen LogP contribution >= 0.6 is 12.2 Å². The monoisotopic (exact) mass is 1380 g/mol. The number of hydrogen-bond donors (Lipinski definition) is 4. The van der Waals surface area contributed by atoms with Gasteiger partial charge in [0.2, 0.25) is 0 Å². The molecule has 0 spiro atoms. The molecule has 0 rings (SSSR count). The number of alkyl halides is 2. The van der Waals surface area contributed by atoms with E-state index in [1.165, 1.54) is 113 Å². The Morgan fingerprint density at radius 2 is 0.551 bits per heavy atom. The molecule has 0 amide bonds. The number of carbonyl (C=O) groups is 5. The fraction of sp³-hybridized carbons (Fsp3) is 0.853. The number of allylic oxidation sites excluding steroid dienone is 4. The van der Waals surface area contributed by atoms with Crippen LogP contribution in [0.2, 0.25) is 6.82 Å². The molecule has 0 fully saturated rings. The van der Waals surface area contributed by atoms with Gasteiger partial charge in [-0.05, 0) is 60.6 Å². The molecule has 4 N–H and O–H groups in total. The second kappa shape index (κ2) is 237. The van der Waals surface area contributed by atoms with Crippen LogP contribution in [-0.4, -0.2) is 116 Å². The van der Waals surface area contributed by atoms with Crippen molar-refractivity contribution in [2.75, 3.05) is 35.5 Å². The number of methoxy groups -OCH3 is 4. The largest absolute Gasteiger partial charge is 1.00 e. The number of aldehydes is 2. The van der Waals surface area contributed by atoms with E-state index in [0.717, 1.165) is 33.7 Å². The zero-order chi connectivity index (χ0) is 77.5. The molecule has 0 heterocycles. The molecule has 0 atom stereocenters. The van der Waals surface area contributed by atoms with Crippen LogP contribution in [0.3, 0.4) is 0 Å². The van der Waals surface area contributed by atoms with Gasteiger partial charge < -0.3 is 59.0 Å². The Morgan fingerprint density at radius 1 is 0.461 bits per heavy atom. The van der Waals surface area contributed by atoms with Gasteiger partial charge in [0.15, 0.2) is 5.05 Å². The van der Waals surface area contributed by atoms with Crippen LogP contribution in [0.1, 0.15) is 334 Å². The van der Waals surface area contributed by atoms with Crippen molar-refractivity contribution >= 4 is 54.9 Å². The first-order chi connectivity index (χ1) is 40.1. The van der Waals surface area contributed by atoms with E-state index in [2.05, 4.69) is 86.6 Å². The van der Waals surface area contributed by atoms with Crippen LogP contribution in [-0.2, 0) is 42.9 Å². The van der Waals surface area contributed by atoms with Crippen molar-refractivity contribution in [3.8, 4) is 0 Å². The maximum atomic E-state index is 11.2. The van der Waals surface area contributed by atoms with E-state index in [1.807, 2.05) is 149 Å². The van der Waals surface area contributed by atoms with Crippen molar-refractivity contribution in [1.82, 2.24) is 0 Å². The summed E-state index contributed by atoms with van der Waals surface area (Å²) in [5.41, 5.74) is -1.50. The fourth-order valence-corrected chi connectivity index (χ4v) is 0.854. The molecule has 0 aromatic carbocycles. The molecule has 0 aromatic heterocycles. The number of carbonyl (C=O) groups excluding carboxylic acids is 4. The predicted octanol–water partition coefficient (Wildman–Crippen LogP) is 14.4. The van der Waals surface area contributed by atoms with Crippen molar-refractivity contribution in [3.63, 3.8) is 0 Å². The maximum Gasteiger partial charge on any atom is 1.00 e. The number of carboxylic acid groups (broad SMARTS) is 1. The first-order valence-electron chi connectivity index (χ1n) is 31.6. The summed E-state index contributed by atoms with van der Waals surface area (Å²) >= 11 is 4.47. The fourth-order valence-electron chi connectivity index (χ4n) is 0.854. The third kappa shape index (κ3) is 2240. The number of aliphatic hydroxyl groups excluding tert-OH is 1. The Labute approximate surface area is 650 Å². The van der Waals surface area contributed by atoms with Crippen LogP contribution in [0.5, 0.6) is 0 Å². The third-order valence-corrected chi connectivity index (χ3v) is 4.22. The third-order valence-electron chi connectivity index (χ3n) is 4.05. The summed E-state index contributed by atoms with van der Waals surface area (Å²) in [6.45, 7) is 73.7. The van der Waals surface area contributed by atoms with Crippen molar-refractivity contribution in [1.29, 1.82) is 0 Å². The number of ether oxygens (including phenoxy) is 4. The molecular formula is C68H165BF2K2O15S. The zero-order valence-corrected chi connectivity index (χ0v) is 76.1. The molecule has 0 aliphatic rings. The van der Waals surface area contributed by atoms with Crippen molar-refractivity contribution < 1.29 is 185 Å². The Morgan fingerprint density at radius 3 is 0.562 bits per heavy atom. The molecule has 0 radical (unpaired) electrons. The van der Waals surface area contributed by atoms with Crippen LogP contribution in [0.15, 0.2) is 24.3 Å². The minimum atomic E-state index is -2.96. The predicted molar refractivity (Wildman–Crippen MR) is 391 cm³/mol. The number of carboxylic acids is 1. The second-order valence-electron chi connectivity index (χ2n) is 15.0. The zero-order valence-electron chi connectivity index (χ0n) is 69.1. The number of esters is 2. The summed E-state index contributed by atoms with van der Waals surface area (Å²) in [6, 6.07) is 0. The number of aliphatic carboxylic acids is 1. The second-order valence-corrected chi connectivity index (χ2v) is 15.6. The number of hydrogen-bond acceptors (Lipinski definition) is 15. The summed E-state index contributed by atoms with van der Waals surface area (Å²) in [7, 11) is 5.05. The van der Waals surface area contributed by atoms with Gasteiger partial charge in [-0.3, -0.25) is 14.4 Å². The van der Waals surface area contributed by atoms with Crippen molar-refractivity contribution in [2.24, 2.45) is 0 Å². The van der Waals surface area contributed by atoms with Crippen molar-refractivity contribution in [3.05, 3.63) is 24.3 Å². The van der Waals surface area contributed by atoms with Gasteiger partial charge in [-0.1, -0.05) is 282 Å². The van der Waals surface area contributed by atoms with Crippen LogP contribution in [0, 0.1) is 0 Å². The van der Waals surface area contributed by atoms with Gasteiger partial charge in [-0.15, -0.1) is 11.2 Å². The Bertz CT molecular complexity index is 880. The minimum Gasteiger partial charge on any atom is -0.850 e. The molecule has 0 saturated heterocycles. The minimum absolute atomic E-state index is 0. The first kappa shape index (κ1) is 174. The van der Waals surface area contributed by atoms with E-state index >= 15 is 0 Å². The number of halogens is 2. The van der Waals surface area contributed by atoms with Crippen LogP contribution in [0.4, 0.5) is 8.78 Å². The molecule has 0 unspecified atom stereocenters. The maximum absolute atomic E-state index is 11.2. The molecule has 0 aliphatic heterocycles. The van der Waals surface area contributed by atoms with E-state index < -0.39 is 30.4 Å². The Hall–Kier alpha value is 0.0777. The van der Waals surface area contributed by atoms with Gasteiger partial charge in [0.1, 0.15) is 12.6 Å². The standard InChI is InChI=1S/C6H14.C5H12.2C4H9O.C4H10.2C4H8.C3H6F2O.2C3H6O2.C3H6OS.C3H8.C2H4O2.2C2H4O.7C2H6.CH5BO2.CH4O.2K/c1-3-5-6-4-2;1-3-5-4-2;2*1-4(2,3)5;3*1-3-4-2;1-3(4,5)6-2;2*1-3(4)5-2;1-3(5)4-2;1-3-2;1-2(3)4;2*1-2-3;7*1-2;1-2(3)4;1-2;;/h3-6H2,1-2H3;3-5H2,1-2H3;2*1-3H3;3-4H2,1-2H3;2*3-4H,1-2H3;1-2H3;3*1-2H3;3H2,1-2H3;1H3,(H,3,4);2*2H,1H3;7*1-2H3;3-4H,1H3;2H,1H3;;/q;;2*-1;;;;;;;;;;;;;;;;;;;;;2*+1/b;;;;;2*4-3+;;;;;;;;;;;;;;;;;;;. The van der Waals surface area contributed by atoms with Gasteiger partial charge in [-0.25, -0.2) is 0 Å². The molecule has 89 heavy (non-hydrogen) atoms. The number of aliphatic hydroxyl groups is 1. The molecule has 21 heteroatoms. The summed E-state index contributed by atoms with van der Waals surface area (Å²) < 4.78 is 38.8. The Balaban J connectivity index is -0.0000000195. The van der Waals surface area contributed by atoms with E-state index in [-0.39, 0.29) is 115 Å². The van der Waals surface area contributed by atoms with Crippen LogP contribution < -0.4 is 113 Å². The smallest absolute Gasteiger partial charge is 0.850 e. The molecule has 0 aromatic rings. The Kier molecular flexibility index (Phi) is 463. The van der Waals surface area contributed by atoms with Gasteiger partial charge in [0.05, 0.1) is 21.3 Å². The van der Waals surface area contributed by atoms with E-state index in [0.29, 0.717) is 12.0 Å². The summed E-state index contributed by atoms with van der Waals surface area (Å²) in [5, 5.41) is 50.4. The van der Waals surface area contributed by atoms with Crippen molar-refractivity contribution in [2.45, 2.75) is 358 Å². The number of thiocarbonyl (C=S) groups is 1. The SMILES string of the molecule is C/C=C/C.C/C=C/C.CB(O)O.CC.CC.CC.CC.CC.CC.CC.CC(=O)O.CC(C)(C)[O-].CC(C)(C)[O-].CC=O.CC=O.CCC.CCCC.CCCCC.CCCCCC.CO.COC(C)(F)F.COC(C)=O.COC(C)=O.COC(C)=S.[K+].[K+]. The molecule has 15 nitrogen and oxygen atoms in total. The first-order valence-corrected chi connectivity index (χ1v) is 32.0. The topological polar surface area (TPSA) is 249 Å². The summed E-state index contributed by atoms with van der Waals surface area (Å²) in [4.78, 5) is 45.8. The average Bonchev–Trinajstić information content (AvgIpc) is 3.47. The van der Waals surface area contributed by atoms with Gasteiger partial charge in [0.25, 0.3) is 5.97 Å². The van der Waals surface area contributed by atoms with E-state index in [4.69, 9.17) is 34.6 Å². The average molecular weight is 1380 g/mol. The quantitative estimate of drug-likeness (QED) is 0.0462. The van der Waals surface area contributed by atoms with Gasteiger partial charge >= 0.3 is 128 Å². The summed E-state index contributed by atoms with van der Waals surface area (Å²) in [6.07, 6.45) is 20.0. The van der Waals surface area contributed by atoms with Gasteiger partial charge in [0, 0.05) is 48.8 Å². The van der Waals surface area contributed by atoms with Gasteiger partial charge in [-0.2, -0.15) is 8.78 Å². The number of rotatable bonds is 7. The molecular weight excluding hydrogens is 1220 g/mol. The molecule has 0 bridgehead atoms. The molecule has 0 aliphatic carbocycles. The normalized spacial score (nSPS) is 7.19. The van der Waals surface area contributed by atoms with E-state index in [9.17, 15) is 28.6 Å². The molecule has 0 saturated carbocycles. The molecule has 552 valence electrons.